The van der Waals surface area contributed by atoms with Crippen molar-refractivity contribution in [1.29, 1.82) is 0 Å². The van der Waals surface area contributed by atoms with Crippen molar-refractivity contribution in [3.63, 3.8) is 0 Å². The summed E-state index contributed by atoms with van der Waals surface area (Å²) in [4.78, 5) is 0. The van der Waals surface area contributed by atoms with Crippen molar-refractivity contribution >= 4 is 20.0 Å². The van der Waals surface area contributed by atoms with E-state index in [9.17, 15) is 4.21 Å². The summed E-state index contributed by atoms with van der Waals surface area (Å²) < 4.78 is 18.2. The molecule has 2 aliphatic carbocycles. The lowest BCUT2D eigenvalue weighted by Gasteiger charge is -2.28. The third-order valence-electron chi connectivity index (χ3n) is 3.78. The average molecular weight is 262 g/mol. The summed E-state index contributed by atoms with van der Waals surface area (Å²) in [7, 11) is -2.45. The van der Waals surface area contributed by atoms with Crippen LogP contribution in [0.5, 0.6) is 0 Å². The molecule has 0 radical (unpaired) electrons. The fraction of sp³-hybridized carbons (Fsp3) is 1.00. The van der Waals surface area contributed by atoms with E-state index in [-0.39, 0.29) is 11.4 Å². The van der Waals surface area contributed by atoms with Crippen molar-refractivity contribution < 1.29 is 8.39 Å². The molecule has 0 spiro atoms. The van der Waals surface area contributed by atoms with Gasteiger partial charge in [0.1, 0.15) is 8.77 Å². The van der Waals surface area contributed by atoms with Crippen LogP contribution >= 0.6 is 0 Å². The van der Waals surface area contributed by atoms with Gasteiger partial charge in [0.25, 0.3) is 0 Å². The lowest BCUT2D eigenvalue weighted by Crippen LogP contribution is -2.30. The maximum absolute atomic E-state index is 12.4. The van der Waals surface area contributed by atoms with Gasteiger partial charge in [0, 0.05) is 11.2 Å². The van der Waals surface area contributed by atoms with Gasteiger partial charge in [-0.2, -0.15) is 0 Å². The fourth-order valence-corrected chi connectivity index (χ4v) is 5.33. The Hall–Kier alpha value is 0.330. The van der Waals surface area contributed by atoms with Crippen LogP contribution in [-0.2, 0) is 24.1 Å². The van der Waals surface area contributed by atoms with E-state index in [1.165, 1.54) is 38.5 Å². The van der Waals surface area contributed by atoms with Gasteiger partial charge in [-0.25, -0.2) is 4.21 Å². The predicted octanol–water partition coefficient (Wildman–Crippen LogP) is 3.33. The maximum atomic E-state index is 12.4. The van der Waals surface area contributed by atoms with Crippen LogP contribution < -0.4 is 0 Å². The second kappa shape index (κ2) is 5.78. The highest BCUT2D eigenvalue weighted by Gasteiger charge is 2.28. The molecule has 0 aromatic carbocycles. The van der Waals surface area contributed by atoms with Crippen LogP contribution in [0.1, 0.15) is 64.2 Å². The van der Waals surface area contributed by atoms with Crippen LogP contribution in [0.4, 0.5) is 0 Å². The molecule has 1 unspecified atom stereocenters. The minimum atomic E-state index is -2.45. The molecule has 0 aromatic rings. The summed E-state index contributed by atoms with van der Waals surface area (Å²) >= 11 is 5.25. The van der Waals surface area contributed by atoms with Gasteiger partial charge in [0.05, 0.1) is 11.4 Å². The molecule has 0 N–H and O–H groups in total. The zero-order chi connectivity index (χ0) is 11.4. The number of hydrogen-bond acceptors (Lipinski definition) is 3. The normalized spacial score (nSPS) is 28.8. The van der Waals surface area contributed by atoms with Crippen molar-refractivity contribution in [1.82, 2.24) is 0 Å². The van der Waals surface area contributed by atoms with Crippen molar-refractivity contribution in [2.45, 2.75) is 75.6 Å². The fourth-order valence-electron chi connectivity index (χ4n) is 2.78. The quantitative estimate of drug-likeness (QED) is 0.780. The minimum absolute atomic E-state index is 0.151. The summed E-state index contributed by atoms with van der Waals surface area (Å²) in [6.45, 7) is 0. The molecular weight excluding hydrogens is 240 g/mol. The van der Waals surface area contributed by atoms with Crippen LogP contribution in [-0.4, -0.2) is 15.6 Å². The molecule has 94 valence electrons. The van der Waals surface area contributed by atoms with E-state index in [4.69, 9.17) is 15.4 Å². The lowest BCUT2D eigenvalue weighted by molar-refractivity contribution is 0.169. The van der Waals surface area contributed by atoms with Crippen molar-refractivity contribution in [3.05, 3.63) is 0 Å². The average Bonchev–Trinajstić information content (AvgIpc) is 2.31. The van der Waals surface area contributed by atoms with E-state index in [0.29, 0.717) is 0 Å². The molecule has 2 aliphatic rings. The smallest absolute Gasteiger partial charge is 0.147 e. The Morgan fingerprint density at radius 1 is 0.875 bits per heavy atom. The van der Waals surface area contributed by atoms with E-state index < -0.39 is 8.77 Å². The minimum Gasteiger partial charge on any atom is -0.286 e. The molecule has 4 heteroatoms. The zero-order valence-electron chi connectivity index (χ0n) is 9.86. The van der Waals surface area contributed by atoms with Gasteiger partial charge < -0.3 is 0 Å². The van der Waals surface area contributed by atoms with Gasteiger partial charge in [0.2, 0.25) is 0 Å². The molecule has 0 aliphatic heterocycles. The third-order valence-corrected chi connectivity index (χ3v) is 6.66. The second-order valence-electron chi connectivity index (χ2n) is 5.11. The zero-order valence-corrected chi connectivity index (χ0v) is 11.5. The van der Waals surface area contributed by atoms with Crippen LogP contribution in [0.25, 0.3) is 0 Å². The summed E-state index contributed by atoms with van der Waals surface area (Å²) in [6.07, 6.45) is 11.6. The molecule has 0 amide bonds. The Balaban J connectivity index is 1.90. The van der Waals surface area contributed by atoms with Crippen molar-refractivity contribution in [2.75, 3.05) is 0 Å². The molecule has 1 atom stereocenters. The van der Waals surface area contributed by atoms with Crippen LogP contribution in [0.15, 0.2) is 0 Å². The van der Waals surface area contributed by atoms with Crippen molar-refractivity contribution in [3.8, 4) is 0 Å². The monoisotopic (exact) mass is 262 g/mol. The molecular formula is C12H22O2S2. The Bertz CT molecular complexity index is 299. The van der Waals surface area contributed by atoms with Crippen molar-refractivity contribution in [2.24, 2.45) is 0 Å². The largest absolute Gasteiger partial charge is 0.286 e. The molecule has 2 nitrogen and oxygen atoms in total. The van der Waals surface area contributed by atoms with E-state index in [1.807, 2.05) is 0 Å². The molecule has 2 rings (SSSR count). The van der Waals surface area contributed by atoms with Crippen LogP contribution in [0, 0.1) is 0 Å². The van der Waals surface area contributed by atoms with Crippen LogP contribution in [0.2, 0.25) is 0 Å². The first-order valence-electron chi connectivity index (χ1n) is 6.60. The van der Waals surface area contributed by atoms with Gasteiger partial charge in [-0.1, -0.05) is 38.5 Å². The van der Waals surface area contributed by atoms with Gasteiger partial charge in [-0.3, -0.25) is 4.18 Å². The Labute approximate surface area is 104 Å². The Morgan fingerprint density at radius 3 is 1.94 bits per heavy atom. The molecule has 2 saturated carbocycles. The molecule has 0 saturated heterocycles. The van der Waals surface area contributed by atoms with E-state index in [1.54, 1.807) is 0 Å². The highest BCUT2D eigenvalue weighted by Crippen LogP contribution is 2.29. The van der Waals surface area contributed by atoms with E-state index >= 15 is 0 Å². The molecule has 2 fully saturated rings. The highest BCUT2D eigenvalue weighted by molar-refractivity contribution is 8.30. The number of rotatable bonds is 3. The van der Waals surface area contributed by atoms with Gasteiger partial charge in [0.15, 0.2) is 0 Å². The molecule has 0 heterocycles. The van der Waals surface area contributed by atoms with Crippen LogP contribution in [0.3, 0.4) is 0 Å². The SMILES string of the molecule is O=S(=S)(OC1CCCCC1)C1CCCCC1. The molecule has 0 bridgehead atoms. The summed E-state index contributed by atoms with van der Waals surface area (Å²) in [5.41, 5.74) is 0. The van der Waals surface area contributed by atoms with E-state index in [0.717, 1.165) is 25.7 Å². The predicted molar refractivity (Wildman–Crippen MR) is 70.3 cm³/mol. The topological polar surface area (TPSA) is 26.3 Å². The van der Waals surface area contributed by atoms with Gasteiger partial charge in [-0.05, 0) is 25.7 Å². The first kappa shape index (κ1) is 12.8. The first-order chi connectivity index (χ1) is 7.68. The van der Waals surface area contributed by atoms with Gasteiger partial charge in [-0.15, -0.1) is 0 Å². The van der Waals surface area contributed by atoms with Gasteiger partial charge >= 0.3 is 0 Å². The molecule has 16 heavy (non-hydrogen) atoms. The Kier molecular flexibility index (Phi) is 4.62. The third kappa shape index (κ3) is 3.41. The Morgan fingerprint density at radius 2 is 1.38 bits per heavy atom. The number of hydrogen-bond donors (Lipinski definition) is 0. The maximum Gasteiger partial charge on any atom is 0.147 e. The van der Waals surface area contributed by atoms with E-state index in [2.05, 4.69) is 0 Å². The summed E-state index contributed by atoms with van der Waals surface area (Å²) in [6, 6.07) is 0. The summed E-state index contributed by atoms with van der Waals surface area (Å²) in [5.74, 6) is 0. The second-order valence-corrected chi connectivity index (χ2v) is 8.35. The first-order valence-corrected chi connectivity index (χ1v) is 9.08. The molecule has 0 aromatic heterocycles. The summed E-state index contributed by atoms with van der Waals surface area (Å²) in [5, 5.41) is 0.151. The highest BCUT2D eigenvalue weighted by atomic mass is 32.8. The lowest BCUT2D eigenvalue weighted by atomic mass is 9.98. The standard InChI is InChI=1S/C12H22O2S2/c13-16(15,12-9-5-2-6-10-12)14-11-7-3-1-4-8-11/h11-12H,1-10H2.